The monoisotopic (exact) mass is 180 g/mol. The number of hydrogen-bond donors (Lipinski definition) is 0. The van der Waals surface area contributed by atoms with Crippen LogP contribution in [0.5, 0.6) is 0 Å². The molecule has 0 N–H and O–H groups in total. The molecule has 0 aromatic carbocycles. The van der Waals surface area contributed by atoms with E-state index in [0.29, 0.717) is 0 Å². The average Bonchev–Trinajstić information content (AvgIpc) is 2.36. The summed E-state index contributed by atoms with van der Waals surface area (Å²) in [5, 5.41) is 0. The van der Waals surface area contributed by atoms with E-state index in [4.69, 9.17) is 9.47 Å². The fraction of sp³-hybridized carbons (Fsp3) is 0.500. The van der Waals surface area contributed by atoms with E-state index in [2.05, 4.69) is 0 Å². The number of rotatable bonds is 0. The zero-order valence-corrected chi connectivity index (χ0v) is 7.69. The Kier molecular flexibility index (Phi) is 1.86. The smallest absolute Gasteiger partial charge is 0.209 e. The van der Waals surface area contributed by atoms with Crippen molar-refractivity contribution >= 4 is 5.78 Å². The minimum absolute atomic E-state index is 0.0231. The molecule has 1 spiro atoms. The van der Waals surface area contributed by atoms with Gasteiger partial charge in [-0.15, -0.1) is 0 Å². The summed E-state index contributed by atoms with van der Waals surface area (Å²) in [4.78, 5) is 10.9. The number of carbonyl (C=O) groups excluding carboxylic acids is 1. The van der Waals surface area contributed by atoms with Crippen LogP contribution in [0.2, 0.25) is 0 Å². The van der Waals surface area contributed by atoms with Crippen LogP contribution in [-0.2, 0) is 14.3 Å². The Balaban J connectivity index is 2.21. The Labute approximate surface area is 77.0 Å². The molecule has 1 fully saturated rings. The van der Waals surface area contributed by atoms with Gasteiger partial charge in [0, 0.05) is 0 Å². The summed E-state index contributed by atoms with van der Waals surface area (Å²) in [6.45, 7) is 3.91. The lowest BCUT2D eigenvalue weighted by Crippen LogP contribution is -2.27. The maximum absolute atomic E-state index is 10.9. The second-order valence-corrected chi connectivity index (χ2v) is 3.44. The molecule has 2 aliphatic rings. The predicted molar refractivity (Wildman–Crippen MR) is 47.1 cm³/mol. The van der Waals surface area contributed by atoms with Crippen LogP contribution in [0.15, 0.2) is 24.3 Å². The van der Waals surface area contributed by atoms with Crippen LogP contribution in [-0.4, -0.2) is 23.8 Å². The Morgan fingerprint density at radius 2 is 1.62 bits per heavy atom. The summed E-state index contributed by atoms with van der Waals surface area (Å²) in [5.41, 5.74) is 0. The first kappa shape index (κ1) is 8.66. The molecule has 1 saturated heterocycles. The van der Waals surface area contributed by atoms with Crippen molar-refractivity contribution in [2.24, 2.45) is 0 Å². The Bertz CT molecular complexity index is 263. The number of hydrogen-bond acceptors (Lipinski definition) is 3. The Hall–Kier alpha value is -0.930. The second-order valence-electron chi connectivity index (χ2n) is 3.44. The van der Waals surface area contributed by atoms with Gasteiger partial charge in [-0.1, -0.05) is 0 Å². The molecule has 0 radical (unpaired) electrons. The quantitative estimate of drug-likeness (QED) is 0.562. The van der Waals surface area contributed by atoms with Crippen LogP contribution < -0.4 is 0 Å². The third-order valence-electron chi connectivity index (χ3n) is 2.36. The van der Waals surface area contributed by atoms with Gasteiger partial charge in [0.25, 0.3) is 0 Å². The van der Waals surface area contributed by atoms with Crippen molar-refractivity contribution in [2.45, 2.75) is 31.8 Å². The van der Waals surface area contributed by atoms with E-state index < -0.39 is 5.79 Å². The normalized spacial score (nSPS) is 36.0. The number of ketones is 1. The first-order chi connectivity index (χ1) is 6.11. The summed E-state index contributed by atoms with van der Waals surface area (Å²) in [7, 11) is 0. The van der Waals surface area contributed by atoms with Gasteiger partial charge in [-0.3, -0.25) is 4.79 Å². The van der Waals surface area contributed by atoms with Crippen molar-refractivity contribution in [1.29, 1.82) is 0 Å². The highest BCUT2D eigenvalue weighted by atomic mass is 16.7. The molecular formula is C10H12O3. The molecule has 2 atom stereocenters. The van der Waals surface area contributed by atoms with Crippen LogP contribution in [0.4, 0.5) is 0 Å². The van der Waals surface area contributed by atoms with Crippen molar-refractivity contribution < 1.29 is 14.3 Å². The maximum Gasteiger partial charge on any atom is 0.209 e. The highest BCUT2D eigenvalue weighted by Gasteiger charge is 2.41. The fourth-order valence-electron chi connectivity index (χ4n) is 1.47. The minimum Gasteiger partial charge on any atom is -0.337 e. The van der Waals surface area contributed by atoms with Crippen LogP contribution in [0, 0.1) is 0 Å². The lowest BCUT2D eigenvalue weighted by atomic mass is 10.1. The molecule has 1 aliphatic carbocycles. The largest absolute Gasteiger partial charge is 0.337 e. The molecule has 2 rings (SSSR count). The molecule has 3 heteroatoms. The van der Waals surface area contributed by atoms with Gasteiger partial charge in [-0.05, 0) is 38.2 Å². The molecule has 0 unspecified atom stereocenters. The summed E-state index contributed by atoms with van der Waals surface area (Å²) in [6.07, 6.45) is 6.39. The van der Waals surface area contributed by atoms with Gasteiger partial charge in [0.1, 0.15) is 0 Å². The summed E-state index contributed by atoms with van der Waals surface area (Å²) < 4.78 is 11.2. The molecule has 1 aliphatic heterocycles. The highest BCUT2D eigenvalue weighted by Crippen LogP contribution is 2.32. The third kappa shape index (κ3) is 1.45. The molecule has 70 valence electrons. The van der Waals surface area contributed by atoms with Crippen LogP contribution in [0.3, 0.4) is 0 Å². The second kappa shape index (κ2) is 2.79. The van der Waals surface area contributed by atoms with Gasteiger partial charge in [-0.2, -0.15) is 0 Å². The summed E-state index contributed by atoms with van der Waals surface area (Å²) in [6, 6.07) is 0. The number of ether oxygens (including phenoxy) is 2. The first-order valence-corrected chi connectivity index (χ1v) is 4.39. The van der Waals surface area contributed by atoms with E-state index in [0.717, 1.165) is 0 Å². The van der Waals surface area contributed by atoms with Gasteiger partial charge < -0.3 is 9.47 Å². The van der Waals surface area contributed by atoms with E-state index in [1.807, 2.05) is 13.8 Å². The zero-order valence-electron chi connectivity index (χ0n) is 7.69. The lowest BCUT2D eigenvalue weighted by Gasteiger charge is -2.21. The Morgan fingerprint density at radius 3 is 2.08 bits per heavy atom. The lowest BCUT2D eigenvalue weighted by molar-refractivity contribution is -0.114. The highest BCUT2D eigenvalue weighted by molar-refractivity contribution is 6.00. The minimum atomic E-state index is -0.785. The van der Waals surface area contributed by atoms with Gasteiger partial charge in [0.2, 0.25) is 5.79 Å². The first-order valence-electron chi connectivity index (χ1n) is 4.39. The van der Waals surface area contributed by atoms with Gasteiger partial charge in [0.05, 0.1) is 12.2 Å². The standard InChI is InChI=1S/C10H12O3/c1-7-8(2)13-10(12-7)5-3-9(11)4-6-10/h3-8H,1-2H3/t7-,8-/m1/s1. The van der Waals surface area contributed by atoms with Crippen molar-refractivity contribution in [3.8, 4) is 0 Å². The summed E-state index contributed by atoms with van der Waals surface area (Å²) >= 11 is 0. The molecule has 0 bridgehead atoms. The van der Waals surface area contributed by atoms with Crippen molar-refractivity contribution in [3.05, 3.63) is 24.3 Å². The van der Waals surface area contributed by atoms with E-state index >= 15 is 0 Å². The molecule has 0 saturated carbocycles. The third-order valence-corrected chi connectivity index (χ3v) is 2.36. The van der Waals surface area contributed by atoms with Crippen molar-refractivity contribution in [1.82, 2.24) is 0 Å². The maximum atomic E-state index is 10.9. The number of carbonyl (C=O) groups is 1. The number of allylic oxidation sites excluding steroid dienone is 2. The van der Waals surface area contributed by atoms with Crippen molar-refractivity contribution in [2.75, 3.05) is 0 Å². The van der Waals surface area contributed by atoms with Crippen LogP contribution >= 0.6 is 0 Å². The van der Waals surface area contributed by atoms with E-state index in [1.165, 1.54) is 12.2 Å². The zero-order chi connectivity index (χ0) is 9.47. The molecule has 0 aromatic rings. The average molecular weight is 180 g/mol. The van der Waals surface area contributed by atoms with Crippen LogP contribution in [0.25, 0.3) is 0 Å². The molecule has 3 nitrogen and oxygen atoms in total. The molecule has 0 aromatic heterocycles. The molecule has 13 heavy (non-hydrogen) atoms. The van der Waals surface area contributed by atoms with E-state index in [-0.39, 0.29) is 18.0 Å². The van der Waals surface area contributed by atoms with E-state index in [9.17, 15) is 4.79 Å². The fourth-order valence-corrected chi connectivity index (χ4v) is 1.47. The van der Waals surface area contributed by atoms with Crippen molar-refractivity contribution in [3.63, 3.8) is 0 Å². The SMILES string of the molecule is C[C@H]1OC2(C=CC(=O)C=C2)O[C@@H]1C. The van der Waals surface area contributed by atoms with Gasteiger partial charge >= 0.3 is 0 Å². The summed E-state index contributed by atoms with van der Waals surface area (Å²) in [5.74, 6) is -0.808. The van der Waals surface area contributed by atoms with E-state index in [1.54, 1.807) is 12.2 Å². The van der Waals surface area contributed by atoms with Crippen LogP contribution in [0.1, 0.15) is 13.8 Å². The molecule has 1 heterocycles. The Morgan fingerprint density at radius 1 is 1.15 bits per heavy atom. The topological polar surface area (TPSA) is 35.5 Å². The molecule has 0 amide bonds. The predicted octanol–water partition coefficient (Wildman–Crippen LogP) is 1.20. The van der Waals surface area contributed by atoms with Gasteiger partial charge in [0.15, 0.2) is 5.78 Å². The molecular weight excluding hydrogens is 168 g/mol. The van der Waals surface area contributed by atoms with Gasteiger partial charge in [-0.25, -0.2) is 0 Å².